The maximum Gasteiger partial charge on any atom is 0.416 e. The first-order valence-corrected chi connectivity index (χ1v) is 8.26. The van der Waals surface area contributed by atoms with Crippen molar-refractivity contribution in [2.75, 3.05) is 19.7 Å². The van der Waals surface area contributed by atoms with Crippen LogP contribution >= 0.6 is 0 Å². The van der Waals surface area contributed by atoms with Gasteiger partial charge < -0.3 is 15.4 Å². The van der Waals surface area contributed by atoms with E-state index in [1.165, 1.54) is 23.1 Å². The van der Waals surface area contributed by atoms with E-state index in [2.05, 4.69) is 0 Å². The summed E-state index contributed by atoms with van der Waals surface area (Å²) in [6.07, 6.45) is -1.12. The molecule has 9 heteroatoms. The molecule has 0 aromatic heterocycles. The van der Waals surface area contributed by atoms with Gasteiger partial charge in [0.2, 0.25) is 5.91 Å². The molecule has 2 N–H and O–H groups in total. The zero-order chi connectivity index (χ0) is 20.0. The summed E-state index contributed by atoms with van der Waals surface area (Å²) in [6.45, 7) is 0.114. The lowest BCUT2D eigenvalue weighted by Crippen LogP contribution is -2.45. The predicted octanol–water partition coefficient (Wildman–Crippen LogP) is 1.99. The highest BCUT2D eigenvalue weighted by molar-refractivity contribution is 5.89. The fraction of sp³-hybridized carbons (Fsp3) is 0.389. The summed E-state index contributed by atoms with van der Waals surface area (Å²) in [7, 11) is 0. The van der Waals surface area contributed by atoms with Crippen LogP contribution in [0.4, 0.5) is 13.2 Å². The van der Waals surface area contributed by atoms with Gasteiger partial charge >= 0.3 is 12.1 Å². The van der Waals surface area contributed by atoms with Gasteiger partial charge in [-0.3, -0.25) is 9.59 Å². The number of hydrogen-bond acceptors (Lipinski definition) is 4. The van der Waals surface area contributed by atoms with Crippen molar-refractivity contribution in [2.24, 2.45) is 11.7 Å². The van der Waals surface area contributed by atoms with E-state index in [0.717, 1.165) is 18.2 Å². The van der Waals surface area contributed by atoms with Crippen LogP contribution < -0.4 is 5.73 Å². The molecule has 1 atom stereocenters. The van der Waals surface area contributed by atoms with E-state index in [-0.39, 0.29) is 12.1 Å². The number of hydrogen-bond donors (Lipinski definition) is 1. The third-order valence-corrected chi connectivity index (χ3v) is 4.14. The molecule has 0 bridgehead atoms. The molecule has 1 aromatic carbocycles. The zero-order valence-corrected chi connectivity index (χ0v) is 14.4. The average molecular weight is 384 g/mol. The largest absolute Gasteiger partial charge is 0.452 e. The van der Waals surface area contributed by atoms with Gasteiger partial charge in [-0.15, -0.1) is 0 Å². The van der Waals surface area contributed by atoms with E-state index in [1.54, 1.807) is 0 Å². The molecule has 0 saturated carbocycles. The molecule has 1 heterocycles. The Morgan fingerprint density at radius 2 is 2.04 bits per heavy atom. The second-order valence-electron chi connectivity index (χ2n) is 6.15. The summed E-state index contributed by atoms with van der Waals surface area (Å²) in [5, 5.41) is 0. The number of ether oxygens (including phenoxy) is 1. The molecule has 0 unspecified atom stereocenters. The number of likely N-dealkylation sites (tertiary alicyclic amines) is 1. The van der Waals surface area contributed by atoms with Gasteiger partial charge in [0.15, 0.2) is 6.61 Å². The molecule has 27 heavy (non-hydrogen) atoms. The highest BCUT2D eigenvalue weighted by Gasteiger charge is 2.30. The minimum absolute atomic E-state index is 0.174. The number of carbonyl (C=O) groups is 3. The van der Waals surface area contributed by atoms with Gasteiger partial charge in [-0.25, -0.2) is 4.79 Å². The van der Waals surface area contributed by atoms with Crippen LogP contribution in [0.25, 0.3) is 6.08 Å². The fourth-order valence-electron chi connectivity index (χ4n) is 2.69. The molecular weight excluding hydrogens is 365 g/mol. The van der Waals surface area contributed by atoms with Crippen molar-refractivity contribution in [3.63, 3.8) is 0 Å². The Morgan fingerprint density at radius 3 is 2.70 bits per heavy atom. The molecule has 1 aliphatic heterocycles. The van der Waals surface area contributed by atoms with Crippen LogP contribution in [-0.4, -0.2) is 42.4 Å². The van der Waals surface area contributed by atoms with Crippen LogP contribution in [-0.2, 0) is 25.3 Å². The van der Waals surface area contributed by atoms with Gasteiger partial charge in [-0.05, 0) is 36.6 Å². The van der Waals surface area contributed by atoms with Crippen molar-refractivity contribution in [3.05, 3.63) is 41.5 Å². The van der Waals surface area contributed by atoms with Crippen molar-refractivity contribution >= 4 is 23.9 Å². The Balaban J connectivity index is 1.86. The number of nitrogens with two attached hydrogens (primary N) is 1. The van der Waals surface area contributed by atoms with Gasteiger partial charge in [0.25, 0.3) is 5.91 Å². The number of piperidine rings is 1. The van der Waals surface area contributed by atoms with Gasteiger partial charge in [0.05, 0.1) is 11.5 Å². The van der Waals surface area contributed by atoms with Gasteiger partial charge in [0.1, 0.15) is 0 Å². The Bertz CT molecular complexity index is 746. The van der Waals surface area contributed by atoms with Crippen molar-refractivity contribution in [1.82, 2.24) is 4.90 Å². The van der Waals surface area contributed by atoms with E-state index >= 15 is 0 Å². The van der Waals surface area contributed by atoms with Crippen LogP contribution in [0.2, 0.25) is 0 Å². The molecule has 0 aliphatic carbocycles. The number of benzene rings is 1. The quantitative estimate of drug-likeness (QED) is 0.621. The normalized spacial score (nSPS) is 17.7. The molecule has 146 valence electrons. The van der Waals surface area contributed by atoms with Crippen molar-refractivity contribution in [3.8, 4) is 0 Å². The van der Waals surface area contributed by atoms with E-state index in [9.17, 15) is 27.6 Å². The minimum Gasteiger partial charge on any atom is -0.452 e. The molecule has 6 nitrogen and oxygen atoms in total. The molecule has 2 amide bonds. The Hall–Kier alpha value is -2.84. The van der Waals surface area contributed by atoms with Crippen LogP contribution in [0.15, 0.2) is 30.3 Å². The number of primary amides is 1. The number of halogens is 3. The molecule has 1 saturated heterocycles. The van der Waals surface area contributed by atoms with Crippen LogP contribution in [0, 0.1) is 5.92 Å². The number of nitrogens with zero attached hydrogens (tertiary/aromatic N) is 1. The van der Waals surface area contributed by atoms with Crippen LogP contribution in [0.5, 0.6) is 0 Å². The fourth-order valence-corrected chi connectivity index (χ4v) is 2.69. The van der Waals surface area contributed by atoms with Crippen molar-refractivity contribution < 1.29 is 32.3 Å². The Labute approximate surface area is 153 Å². The highest BCUT2D eigenvalue weighted by Crippen LogP contribution is 2.29. The number of esters is 1. The smallest absolute Gasteiger partial charge is 0.416 e. The minimum atomic E-state index is -4.48. The summed E-state index contributed by atoms with van der Waals surface area (Å²) >= 11 is 0. The third-order valence-electron chi connectivity index (χ3n) is 4.14. The van der Waals surface area contributed by atoms with Gasteiger partial charge in [-0.2, -0.15) is 13.2 Å². The monoisotopic (exact) mass is 384 g/mol. The predicted molar refractivity (Wildman–Crippen MR) is 89.9 cm³/mol. The number of amides is 2. The molecular formula is C18H19F3N2O4. The van der Waals surface area contributed by atoms with E-state index < -0.39 is 42.0 Å². The SMILES string of the molecule is NC(=O)[C@H]1CCCN(C(=O)COC(=O)/C=C/c2cccc(C(F)(F)F)c2)C1. The molecule has 0 spiro atoms. The van der Waals surface area contributed by atoms with Gasteiger partial charge in [-0.1, -0.05) is 12.1 Å². The second-order valence-corrected chi connectivity index (χ2v) is 6.15. The molecule has 2 rings (SSSR count). The summed E-state index contributed by atoms with van der Waals surface area (Å²) in [5.41, 5.74) is 4.59. The zero-order valence-electron chi connectivity index (χ0n) is 14.4. The van der Waals surface area contributed by atoms with Crippen LogP contribution in [0.3, 0.4) is 0 Å². The highest BCUT2D eigenvalue weighted by atomic mass is 19.4. The Kier molecular flexibility index (Phi) is 6.59. The second kappa shape index (κ2) is 8.70. The maximum absolute atomic E-state index is 12.6. The summed E-state index contributed by atoms with van der Waals surface area (Å²) in [6, 6.07) is 4.45. The average Bonchev–Trinajstić information content (AvgIpc) is 2.64. The molecule has 1 fully saturated rings. The summed E-state index contributed by atoms with van der Waals surface area (Å²) in [5.74, 6) is -2.21. The van der Waals surface area contributed by atoms with E-state index in [4.69, 9.17) is 10.5 Å². The number of carbonyl (C=O) groups excluding carboxylic acids is 3. The number of alkyl halides is 3. The lowest BCUT2D eigenvalue weighted by atomic mass is 9.97. The summed E-state index contributed by atoms with van der Waals surface area (Å²) in [4.78, 5) is 36.3. The van der Waals surface area contributed by atoms with Crippen LogP contribution in [0.1, 0.15) is 24.0 Å². The molecule has 0 radical (unpaired) electrons. The molecule has 1 aromatic rings. The summed E-state index contributed by atoms with van der Waals surface area (Å²) < 4.78 is 42.7. The first-order chi connectivity index (χ1) is 12.7. The first-order valence-electron chi connectivity index (χ1n) is 8.26. The van der Waals surface area contributed by atoms with Crippen molar-refractivity contribution in [2.45, 2.75) is 19.0 Å². The lowest BCUT2D eigenvalue weighted by molar-refractivity contribution is -0.149. The lowest BCUT2D eigenvalue weighted by Gasteiger charge is -2.30. The number of rotatable bonds is 5. The first kappa shape index (κ1) is 20.5. The standard InChI is InChI=1S/C18H19F3N2O4/c19-18(20,21)14-5-1-3-12(9-14)6-7-16(25)27-11-15(24)23-8-2-4-13(10-23)17(22)26/h1,3,5-7,9,13H,2,4,8,10-11H2,(H2,22,26)/b7-6+/t13-/m0/s1. The molecule has 1 aliphatic rings. The topological polar surface area (TPSA) is 89.7 Å². The third kappa shape index (κ3) is 6.12. The van der Waals surface area contributed by atoms with Gasteiger partial charge in [0, 0.05) is 19.2 Å². The van der Waals surface area contributed by atoms with E-state index in [1.807, 2.05) is 0 Å². The van der Waals surface area contributed by atoms with Crippen molar-refractivity contribution in [1.29, 1.82) is 0 Å². The van der Waals surface area contributed by atoms with E-state index in [0.29, 0.717) is 19.4 Å². The maximum atomic E-state index is 12.6. The Morgan fingerprint density at radius 1 is 1.30 bits per heavy atom.